The first-order valence-corrected chi connectivity index (χ1v) is 9.74. The predicted molar refractivity (Wildman–Crippen MR) is 112 cm³/mol. The average molecular weight is 382 g/mol. The molecule has 3 aromatic rings. The van der Waals surface area contributed by atoms with Crippen LogP contribution in [0, 0.1) is 20.8 Å². The Balaban J connectivity index is 0.00000225. The highest BCUT2D eigenvalue weighted by Gasteiger charge is 2.33. The van der Waals surface area contributed by atoms with Crippen LogP contribution >= 0.6 is 11.3 Å². The maximum Gasteiger partial charge on any atom is 0.258 e. The number of carbonyl (C=O) groups excluding carboxylic acids is 1. The molecular weight excluding hydrogens is 358 g/mol. The molecule has 0 fully saturated rings. The maximum absolute atomic E-state index is 12.8. The number of hydrogen-bond donors (Lipinski definition) is 1. The molecule has 1 amide bonds. The Hall–Kier alpha value is -2.73. The highest BCUT2D eigenvalue weighted by molar-refractivity contribution is 7.18. The van der Waals surface area contributed by atoms with Gasteiger partial charge in [0.15, 0.2) is 0 Å². The van der Waals surface area contributed by atoms with Crippen molar-refractivity contribution in [3.63, 3.8) is 0 Å². The van der Waals surface area contributed by atoms with Gasteiger partial charge in [0.05, 0.1) is 17.3 Å². The van der Waals surface area contributed by atoms with Crippen molar-refractivity contribution in [2.24, 2.45) is 5.10 Å². The molecule has 0 radical (unpaired) electrons. The molecule has 3 heterocycles. The zero-order valence-corrected chi connectivity index (χ0v) is 16.6. The summed E-state index contributed by atoms with van der Waals surface area (Å²) in [5, 5.41) is 7.10. The third kappa shape index (κ3) is 3.00. The summed E-state index contributed by atoms with van der Waals surface area (Å²) in [6, 6.07) is 10.0. The number of aromatic nitrogens is 1. The number of benzene rings is 1. The number of rotatable bonds is 2. The quantitative estimate of drug-likeness (QED) is 0.712. The lowest BCUT2D eigenvalue weighted by molar-refractivity contribution is -0.130. The summed E-state index contributed by atoms with van der Waals surface area (Å²) in [6.45, 7) is 7.53. The number of pyridine rings is 1. The molecule has 1 unspecified atom stereocenters. The van der Waals surface area contributed by atoms with Crippen LogP contribution in [0.1, 0.15) is 47.9 Å². The molecule has 140 valence electrons. The topological polar surface area (TPSA) is 65.5 Å². The van der Waals surface area contributed by atoms with Crippen molar-refractivity contribution in [3.05, 3.63) is 67.8 Å². The molecule has 1 atom stereocenters. The summed E-state index contributed by atoms with van der Waals surface area (Å²) in [5.74, 6) is -0.128. The predicted octanol–water partition coefficient (Wildman–Crippen LogP) is 4.46. The number of fused-ring (bicyclic) bond motifs is 1. The number of nitrogens with one attached hydrogen (secondary N) is 1. The van der Waals surface area contributed by atoms with E-state index >= 15 is 0 Å². The molecule has 0 spiro atoms. The van der Waals surface area contributed by atoms with Crippen molar-refractivity contribution in [2.45, 2.75) is 40.2 Å². The molecule has 0 saturated heterocycles. The molecule has 1 N–H and O–H groups in total. The van der Waals surface area contributed by atoms with E-state index in [9.17, 15) is 9.59 Å². The lowest BCUT2D eigenvalue weighted by Crippen LogP contribution is -2.24. The third-order valence-electron chi connectivity index (χ3n) is 5.07. The van der Waals surface area contributed by atoms with Gasteiger partial charge in [0.1, 0.15) is 4.83 Å². The van der Waals surface area contributed by atoms with E-state index in [2.05, 4.69) is 16.2 Å². The van der Waals surface area contributed by atoms with E-state index in [1.54, 1.807) is 11.3 Å². The van der Waals surface area contributed by atoms with Gasteiger partial charge < -0.3 is 4.98 Å². The van der Waals surface area contributed by atoms with Gasteiger partial charge in [-0.2, -0.15) is 5.10 Å². The molecule has 6 heteroatoms. The monoisotopic (exact) mass is 381 g/mol. The fourth-order valence-electron chi connectivity index (χ4n) is 3.70. The molecule has 2 aromatic heterocycles. The second-order valence-electron chi connectivity index (χ2n) is 7.09. The molecule has 0 bridgehead atoms. The summed E-state index contributed by atoms with van der Waals surface area (Å²) >= 11 is 1.58. The van der Waals surface area contributed by atoms with Gasteiger partial charge in [-0.1, -0.05) is 29.8 Å². The van der Waals surface area contributed by atoms with Gasteiger partial charge in [-0.15, -0.1) is 11.3 Å². The molecule has 1 aromatic carbocycles. The minimum atomic E-state index is -0.184. The third-order valence-corrected chi connectivity index (χ3v) is 6.04. The Kier molecular flexibility index (Phi) is 4.23. The Morgan fingerprint density at radius 3 is 2.63 bits per heavy atom. The Labute approximate surface area is 162 Å². The van der Waals surface area contributed by atoms with Gasteiger partial charge in [-0.3, -0.25) is 9.59 Å². The number of hydrogen-bond acceptors (Lipinski definition) is 4. The number of aryl methyl sites for hydroxylation is 3. The van der Waals surface area contributed by atoms with E-state index in [0.29, 0.717) is 17.7 Å². The van der Waals surface area contributed by atoms with Crippen LogP contribution in [0.15, 0.2) is 40.2 Å². The first kappa shape index (κ1) is 17.7. The molecular formula is C21H23N3O2S. The zero-order chi connectivity index (χ0) is 19.3. The minimum Gasteiger partial charge on any atom is -0.313 e. The molecule has 0 aliphatic carbocycles. The summed E-state index contributed by atoms with van der Waals surface area (Å²) in [6.07, 6.45) is 0.529. The van der Waals surface area contributed by atoms with E-state index in [0.717, 1.165) is 31.8 Å². The second-order valence-corrected chi connectivity index (χ2v) is 8.35. The van der Waals surface area contributed by atoms with Crippen LogP contribution in [0.2, 0.25) is 0 Å². The number of hydrazone groups is 1. The fourth-order valence-corrected chi connectivity index (χ4v) is 4.67. The molecule has 1 aliphatic heterocycles. The molecule has 0 saturated carbocycles. The Bertz CT molecular complexity index is 1140. The smallest absolute Gasteiger partial charge is 0.258 e. The summed E-state index contributed by atoms with van der Waals surface area (Å²) in [7, 11) is 0. The highest BCUT2D eigenvalue weighted by Crippen LogP contribution is 2.34. The number of carbonyl (C=O) groups is 1. The molecule has 1 aliphatic rings. The summed E-state index contributed by atoms with van der Waals surface area (Å²) < 4.78 is 0. The molecule has 5 nitrogen and oxygen atoms in total. The van der Waals surface area contributed by atoms with E-state index in [-0.39, 0.29) is 18.9 Å². The van der Waals surface area contributed by atoms with Gasteiger partial charge in [0, 0.05) is 25.0 Å². The Morgan fingerprint density at radius 2 is 1.96 bits per heavy atom. The van der Waals surface area contributed by atoms with E-state index < -0.39 is 0 Å². The largest absolute Gasteiger partial charge is 0.313 e. The first-order valence-electron chi connectivity index (χ1n) is 8.92. The molecule has 4 rings (SSSR count). The standard InChI is InChI=1S/C21H21N3O2S.H2/c1-11-5-7-15(8-6-11)18-10-17(23-24(18)14(4)25)19-13(3)16-9-12(2)27-21(16)22-20(19)26;/h5-9,18H,10H2,1-4H3,(H,22,26);1H. The summed E-state index contributed by atoms with van der Waals surface area (Å²) in [4.78, 5) is 30.0. The van der Waals surface area contributed by atoms with Gasteiger partial charge in [-0.25, -0.2) is 5.01 Å². The number of H-pyrrole nitrogens is 1. The average Bonchev–Trinajstić information content (AvgIpc) is 3.19. The van der Waals surface area contributed by atoms with E-state index in [1.165, 1.54) is 11.9 Å². The minimum absolute atomic E-state index is 0. The Morgan fingerprint density at radius 1 is 1.26 bits per heavy atom. The van der Waals surface area contributed by atoms with Crippen LogP contribution in [0.5, 0.6) is 0 Å². The lowest BCUT2D eigenvalue weighted by atomic mass is 9.95. The first-order chi connectivity index (χ1) is 12.8. The van der Waals surface area contributed by atoms with Gasteiger partial charge >= 0.3 is 0 Å². The normalized spacial score (nSPS) is 16.8. The zero-order valence-electron chi connectivity index (χ0n) is 15.8. The van der Waals surface area contributed by atoms with Crippen molar-refractivity contribution >= 4 is 33.2 Å². The van der Waals surface area contributed by atoms with Crippen LogP contribution in [-0.4, -0.2) is 21.6 Å². The molecule has 27 heavy (non-hydrogen) atoms. The van der Waals surface area contributed by atoms with Crippen LogP contribution in [0.4, 0.5) is 0 Å². The van der Waals surface area contributed by atoms with Crippen molar-refractivity contribution < 1.29 is 6.22 Å². The SMILES string of the molecule is CC(=O)N1N=C(c2c(C)c3cc(C)sc3[nH]c2=O)CC1c1ccc(C)cc1.[HH]. The highest BCUT2D eigenvalue weighted by atomic mass is 32.1. The van der Waals surface area contributed by atoms with Crippen molar-refractivity contribution in [3.8, 4) is 0 Å². The fraction of sp³-hybridized carbons (Fsp3) is 0.286. The van der Waals surface area contributed by atoms with Gasteiger partial charge in [0.2, 0.25) is 5.91 Å². The van der Waals surface area contributed by atoms with E-state index in [4.69, 9.17) is 0 Å². The van der Waals surface area contributed by atoms with Crippen LogP contribution in [-0.2, 0) is 4.79 Å². The van der Waals surface area contributed by atoms with Gasteiger partial charge in [-0.05, 0) is 38.0 Å². The van der Waals surface area contributed by atoms with Crippen LogP contribution in [0.25, 0.3) is 10.2 Å². The van der Waals surface area contributed by atoms with E-state index in [1.807, 2.05) is 45.0 Å². The second kappa shape index (κ2) is 6.46. The summed E-state index contributed by atoms with van der Waals surface area (Å²) in [5.41, 5.74) is 4.22. The number of aromatic amines is 1. The number of thiophene rings is 1. The lowest BCUT2D eigenvalue weighted by Gasteiger charge is -2.20. The van der Waals surface area contributed by atoms with Crippen molar-refractivity contribution in [1.82, 2.24) is 9.99 Å². The maximum atomic E-state index is 12.8. The van der Waals surface area contributed by atoms with Crippen molar-refractivity contribution in [1.29, 1.82) is 0 Å². The number of nitrogens with zero attached hydrogens (tertiary/aromatic N) is 2. The number of amides is 1. The van der Waals surface area contributed by atoms with Crippen molar-refractivity contribution in [2.75, 3.05) is 0 Å². The van der Waals surface area contributed by atoms with Crippen LogP contribution in [0.3, 0.4) is 0 Å². The van der Waals surface area contributed by atoms with Crippen LogP contribution < -0.4 is 5.56 Å². The van der Waals surface area contributed by atoms with Gasteiger partial charge in [0.25, 0.3) is 5.56 Å².